The summed E-state index contributed by atoms with van der Waals surface area (Å²) in [6, 6.07) is 79.7. The maximum atomic E-state index is 7.20. The number of nitrogens with zero attached hydrogens (tertiary/aromatic N) is 2. The van der Waals surface area contributed by atoms with Crippen LogP contribution in [-0.4, -0.2) is 0 Å². The smallest absolute Gasteiger partial charge is 0.178 e. The molecule has 4 nitrogen and oxygen atoms in total. The second kappa shape index (κ2) is 14.8. The number of anilines is 6. The van der Waals surface area contributed by atoms with Crippen molar-refractivity contribution in [2.45, 2.75) is 38.5 Å². The SMILES string of the molecule is CC1(C)c2ccccc2-c2cc(N(c3ccccc3)c3cc4oc5c(ccc6c5oc5cc(N(c7ccccc7)c7ccc8c(c7)-c7ccccc7C8(C)C)c7ccccc7c56)c4c4ccccc34)ccc21. The van der Waals surface area contributed by atoms with E-state index in [2.05, 4.69) is 256 Å². The zero-order chi connectivity index (χ0) is 48.0. The van der Waals surface area contributed by atoms with Gasteiger partial charge in [0.25, 0.3) is 0 Å². The van der Waals surface area contributed by atoms with Crippen LogP contribution in [0.2, 0.25) is 0 Å². The summed E-state index contributed by atoms with van der Waals surface area (Å²) in [5.74, 6) is 0. The van der Waals surface area contributed by atoms with Gasteiger partial charge in [0.15, 0.2) is 11.2 Å². The molecule has 0 radical (unpaired) electrons. The topological polar surface area (TPSA) is 32.8 Å². The van der Waals surface area contributed by atoms with Crippen LogP contribution in [0.5, 0.6) is 0 Å². The standard InChI is InChI=1S/C68H48N2O2/c1-67(2)55-29-17-15-23-45(55)53-37-43(31-35-57(53)67)69(41-19-7-5-8-20-41)59-39-61-63(49-27-13-11-25-47(49)59)51-33-34-52-64-50-28-14-12-26-48(50)60(40-62(64)72-66(52)65(51)71-61)70(42-21-9-6-10-22-42)44-32-36-58-54(38-44)46-24-16-18-30-56(46)68(58,3)4/h5-40H,1-4H3. The van der Waals surface area contributed by atoms with E-state index in [0.29, 0.717) is 0 Å². The van der Waals surface area contributed by atoms with Crippen LogP contribution in [0.15, 0.2) is 227 Å². The summed E-state index contributed by atoms with van der Waals surface area (Å²) in [5, 5.41) is 8.73. The Morgan fingerprint density at radius 2 is 0.653 bits per heavy atom. The van der Waals surface area contributed by atoms with E-state index < -0.39 is 0 Å². The molecule has 2 heterocycles. The van der Waals surface area contributed by atoms with E-state index >= 15 is 0 Å². The van der Waals surface area contributed by atoms with Gasteiger partial charge in [-0.1, -0.05) is 173 Å². The number of furan rings is 2. The van der Waals surface area contributed by atoms with Gasteiger partial charge in [0, 0.05) is 78.0 Å². The highest BCUT2D eigenvalue weighted by atomic mass is 16.4. The molecule has 0 bridgehead atoms. The van der Waals surface area contributed by atoms with Crippen molar-refractivity contribution in [3.05, 3.63) is 241 Å². The average molecular weight is 925 g/mol. The molecular formula is C68H48N2O2. The van der Waals surface area contributed by atoms with E-state index in [1.165, 1.54) is 44.5 Å². The lowest BCUT2D eigenvalue weighted by Gasteiger charge is -2.28. The first-order valence-corrected chi connectivity index (χ1v) is 25.1. The Labute approximate surface area is 417 Å². The number of para-hydroxylation sites is 2. The van der Waals surface area contributed by atoms with Crippen molar-refractivity contribution in [1.82, 2.24) is 0 Å². The molecule has 15 rings (SSSR count). The van der Waals surface area contributed by atoms with Crippen LogP contribution in [0.1, 0.15) is 49.9 Å². The highest BCUT2D eigenvalue weighted by Crippen LogP contribution is 2.54. The van der Waals surface area contributed by atoms with Gasteiger partial charge in [0.05, 0.1) is 11.4 Å². The zero-order valence-corrected chi connectivity index (χ0v) is 40.5. The lowest BCUT2D eigenvalue weighted by Crippen LogP contribution is -2.15. The Morgan fingerprint density at radius 1 is 0.292 bits per heavy atom. The fourth-order valence-electron chi connectivity index (χ4n) is 12.8. The molecule has 0 spiro atoms. The predicted octanol–water partition coefficient (Wildman–Crippen LogP) is 19.3. The summed E-state index contributed by atoms with van der Waals surface area (Å²) in [7, 11) is 0. The van der Waals surface area contributed by atoms with Crippen molar-refractivity contribution >= 4 is 99.5 Å². The van der Waals surface area contributed by atoms with Gasteiger partial charge in [-0.05, 0) is 116 Å². The molecule has 0 atom stereocenters. The minimum absolute atomic E-state index is 0.0911. The highest BCUT2D eigenvalue weighted by Gasteiger charge is 2.37. The van der Waals surface area contributed by atoms with Gasteiger partial charge in [0.1, 0.15) is 11.2 Å². The molecule has 0 saturated heterocycles. The average Bonchev–Trinajstić information content (AvgIpc) is 4.12. The van der Waals surface area contributed by atoms with Gasteiger partial charge < -0.3 is 18.6 Å². The third-order valence-electron chi connectivity index (χ3n) is 16.2. The first-order valence-electron chi connectivity index (χ1n) is 25.1. The molecule has 2 aliphatic carbocycles. The summed E-state index contributed by atoms with van der Waals surface area (Å²) in [4.78, 5) is 4.79. The Bertz CT molecular complexity index is 4120. The summed E-state index contributed by atoms with van der Waals surface area (Å²) in [5.41, 5.74) is 19.9. The van der Waals surface area contributed by atoms with E-state index in [-0.39, 0.29) is 10.8 Å². The van der Waals surface area contributed by atoms with Gasteiger partial charge in [0.2, 0.25) is 0 Å². The maximum Gasteiger partial charge on any atom is 0.178 e. The molecule has 0 unspecified atom stereocenters. The molecule has 11 aromatic carbocycles. The third kappa shape index (κ3) is 5.63. The fourth-order valence-corrected chi connectivity index (χ4v) is 12.8. The molecule has 0 fully saturated rings. The monoisotopic (exact) mass is 924 g/mol. The number of hydrogen-bond donors (Lipinski definition) is 0. The van der Waals surface area contributed by atoms with Gasteiger partial charge in [-0.2, -0.15) is 0 Å². The van der Waals surface area contributed by atoms with Gasteiger partial charge >= 0.3 is 0 Å². The molecule has 4 heteroatoms. The number of fused-ring (bicyclic) bond motifs is 17. The number of benzene rings is 11. The quantitative estimate of drug-likeness (QED) is 0.166. The van der Waals surface area contributed by atoms with Crippen molar-refractivity contribution in [1.29, 1.82) is 0 Å². The van der Waals surface area contributed by atoms with E-state index in [1.807, 2.05) is 0 Å². The molecule has 72 heavy (non-hydrogen) atoms. The molecule has 342 valence electrons. The Balaban J connectivity index is 0.945. The molecule has 13 aromatic rings. The van der Waals surface area contributed by atoms with Gasteiger partial charge in [-0.25, -0.2) is 0 Å². The minimum atomic E-state index is -0.0911. The Morgan fingerprint density at radius 3 is 1.08 bits per heavy atom. The maximum absolute atomic E-state index is 7.20. The van der Waals surface area contributed by atoms with Crippen molar-refractivity contribution < 1.29 is 8.83 Å². The molecular weight excluding hydrogens is 877 g/mol. The van der Waals surface area contributed by atoms with Crippen LogP contribution in [-0.2, 0) is 10.8 Å². The lowest BCUT2D eigenvalue weighted by atomic mass is 9.82. The van der Waals surface area contributed by atoms with Crippen LogP contribution in [0.3, 0.4) is 0 Å². The predicted molar refractivity (Wildman–Crippen MR) is 301 cm³/mol. The summed E-state index contributed by atoms with van der Waals surface area (Å²) < 4.78 is 14.4. The van der Waals surface area contributed by atoms with E-state index in [1.54, 1.807) is 0 Å². The summed E-state index contributed by atoms with van der Waals surface area (Å²) in [6.07, 6.45) is 0. The van der Waals surface area contributed by atoms with Gasteiger partial charge in [-0.3, -0.25) is 0 Å². The second-order valence-electron chi connectivity index (χ2n) is 20.8. The third-order valence-corrected chi connectivity index (χ3v) is 16.2. The summed E-state index contributed by atoms with van der Waals surface area (Å²) >= 11 is 0. The molecule has 0 saturated carbocycles. The number of hydrogen-bond acceptors (Lipinski definition) is 4. The van der Waals surface area contributed by atoms with Crippen molar-refractivity contribution in [3.8, 4) is 22.3 Å². The van der Waals surface area contributed by atoms with Crippen molar-refractivity contribution in [2.75, 3.05) is 9.80 Å². The van der Waals surface area contributed by atoms with Gasteiger partial charge in [-0.15, -0.1) is 0 Å². The van der Waals surface area contributed by atoms with E-state index in [0.717, 1.165) is 99.5 Å². The first kappa shape index (κ1) is 41.0. The Kier molecular flexibility index (Phi) is 8.44. The molecule has 0 amide bonds. The largest absolute Gasteiger partial charge is 0.452 e. The molecule has 0 N–H and O–H groups in total. The van der Waals surface area contributed by atoms with E-state index in [9.17, 15) is 0 Å². The fraction of sp³-hybridized carbons (Fsp3) is 0.0882. The minimum Gasteiger partial charge on any atom is -0.452 e. The van der Waals surface area contributed by atoms with E-state index in [4.69, 9.17) is 8.83 Å². The molecule has 2 aromatic heterocycles. The van der Waals surface area contributed by atoms with Crippen LogP contribution in [0.4, 0.5) is 34.1 Å². The van der Waals surface area contributed by atoms with Crippen LogP contribution >= 0.6 is 0 Å². The van der Waals surface area contributed by atoms with Crippen molar-refractivity contribution in [3.63, 3.8) is 0 Å². The first-order chi connectivity index (χ1) is 35.2. The summed E-state index contributed by atoms with van der Waals surface area (Å²) in [6.45, 7) is 9.35. The highest BCUT2D eigenvalue weighted by molar-refractivity contribution is 6.30. The zero-order valence-electron chi connectivity index (χ0n) is 40.5. The van der Waals surface area contributed by atoms with Crippen molar-refractivity contribution in [2.24, 2.45) is 0 Å². The second-order valence-corrected chi connectivity index (χ2v) is 20.8. The molecule has 2 aliphatic rings. The van der Waals surface area contributed by atoms with Crippen LogP contribution in [0, 0.1) is 0 Å². The lowest BCUT2D eigenvalue weighted by molar-refractivity contribution is 0.633. The van der Waals surface area contributed by atoms with Crippen LogP contribution in [0.25, 0.3) is 87.7 Å². The Hall–Kier alpha value is -8.86. The van der Waals surface area contributed by atoms with Crippen LogP contribution < -0.4 is 9.80 Å². The number of rotatable bonds is 6. The normalized spacial score (nSPS) is 14.1. The molecule has 0 aliphatic heterocycles.